The molecule has 0 amide bonds. The highest BCUT2D eigenvalue weighted by atomic mass is 19.1. The predicted molar refractivity (Wildman–Crippen MR) is 72.5 cm³/mol. The first-order chi connectivity index (χ1) is 9.49. The van der Waals surface area contributed by atoms with E-state index < -0.39 is 5.82 Å². The molecule has 0 saturated heterocycles. The number of fused-ring (bicyclic) bond motifs is 1. The summed E-state index contributed by atoms with van der Waals surface area (Å²) in [5.41, 5.74) is 1.38. The molecule has 3 rings (SSSR count). The number of carbonyl (C=O) groups excluding carboxylic acids is 1. The molecule has 0 aliphatic carbocycles. The Labute approximate surface area is 115 Å². The highest BCUT2D eigenvalue weighted by Crippen LogP contribution is 2.27. The molecule has 3 aromatic rings. The lowest BCUT2D eigenvalue weighted by molar-refractivity contribution is 0.101. The molecule has 0 aliphatic rings. The molecule has 3 nitrogen and oxygen atoms in total. The third-order valence-corrected chi connectivity index (χ3v) is 3.51. The third kappa shape index (κ3) is 1.76. The van der Waals surface area contributed by atoms with Crippen LogP contribution < -0.4 is 0 Å². The maximum absolute atomic E-state index is 13.6. The highest BCUT2D eigenvalue weighted by molar-refractivity contribution is 6.10. The van der Waals surface area contributed by atoms with Crippen LogP contribution in [0.1, 0.15) is 33.2 Å². The van der Waals surface area contributed by atoms with Crippen LogP contribution in [0.3, 0.4) is 0 Å². The zero-order chi connectivity index (χ0) is 14.4. The van der Waals surface area contributed by atoms with E-state index in [0.717, 1.165) is 5.56 Å². The van der Waals surface area contributed by atoms with Crippen LogP contribution in [0.25, 0.3) is 11.0 Å². The van der Waals surface area contributed by atoms with E-state index in [9.17, 15) is 9.18 Å². The van der Waals surface area contributed by atoms with Crippen LogP contribution in [0, 0.1) is 26.6 Å². The zero-order valence-corrected chi connectivity index (χ0v) is 11.4. The van der Waals surface area contributed by atoms with Gasteiger partial charge in [-0.3, -0.25) is 4.79 Å². The summed E-state index contributed by atoms with van der Waals surface area (Å²) in [6.07, 6.45) is 0. The molecule has 0 fully saturated rings. The van der Waals surface area contributed by atoms with Crippen molar-refractivity contribution in [2.24, 2.45) is 0 Å². The second kappa shape index (κ2) is 4.34. The number of ketones is 1. The average molecular weight is 272 g/mol. The fourth-order valence-corrected chi connectivity index (χ4v) is 2.39. The van der Waals surface area contributed by atoms with Gasteiger partial charge in [0.15, 0.2) is 17.2 Å². The SMILES string of the molecule is Cc1oc(C)c(C(=O)c2cc3cccc(F)c3o2)c1C. The van der Waals surface area contributed by atoms with Gasteiger partial charge in [0, 0.05) is 10.9 Å². The Balaban J connectivity index is 2.15. The molecule has 0 atom stereocenters. The van der Waals surface area contributed by atoms with E-state index in [2.05, 4.69) is 0 Å². The molecule has 2 heterocycles. The van der Waals surface area contributed by atoms with E-state index in [0.29, 0.717) is 22.5 Å². The van der Waals surface area contributed by atoms with Crippen molar-refractivity contribution in [2.75, 3.05) is 0 Å². The lowest BCUT2D eigenvalue weighted by atomic mass is 10.0. The van der Waals surface area contributed by atoms with E-state index in [4.69, 9.17) is 8.83 Å². The second-order valence-corrected chi connectivity index (χ2v) is 4.81. The summed E-state index contributed by atoms with van der Waals surface area (Å²) >= 11 is 0. The van der Waals surface area contributed by atoms with Gasteiger partial charge in [-0.15, -0.1) is 0 Å². The molecule has 0 spiro atoms. The molecule has 20 heavy (non-hydrogen) atoms. The monoisotopic (exact) mass is 272 g/mol. The maximum Gasteiger partial charge on any atom is 0.232 e. The van der Waals surface area contributed by atoms with Gasteiger partial charge in [0.1, 0.15) is 11.5 Å². The Morgan fingerprint density at radius 3 is 2.45 bits per heavy atom. The predicted octanol–water partition coefficient (Wildman–Crippen LogP) is 4.32. The van der Waals surface area contributed by atoms with E-state index in [-0.39, 0.29) is 17.1 Å². The van der Waals surface area contributed by atoms with Crippen molar-refractivity contribution in [1.29, 1.82) is 0 Å². The van der Waals surface area contributed by atoms with Crippen LogP contribution in [0.4, 0.5) is 4.39 Å². The smallest absolute Gasteiger partial charge is 0.232 e. The largest absolute Gasteiger partial charge is 0.466 e. The number of aryl methyl sites for hydroxylation is 2. The standard InChI is InChI=1S/C16H13FO3/c1-8-9(2)19-10(3)14(8)15(18)13-7-11-5-4-6-12(17)16(11)20-13/h4-7H,1-3H3. The maximum atomic E-state index is 13.6. The summed E-state index contributed by atoms with van der Waals surface area (Å²) in [4.78, 5) is 12.5. The van der Waals surface area contributed by atoms with Crippen LogP contribution in [0.5, 0.6) is 0 Å². The van der Waals surface area contributed by atoms with Crippen molar-refractivity contribution < 1.29 is 18.0 Å². The van der Waals surface area contributed by atoms with Gasteiger partial charge in [0.25, 0.3) is 0 Å². The van der Waals surface area contributed by atoms with Crippen molar-refractivity contribution in [3.05, 3.63) is 58.5 Å². The number of furan rings is 2. The minimum absolute atomic E-state index is 0.103. The number of benzene rings is 1. The molecule has 102 valence electrons. The summed E-state index contributed by atoms with van der Waals surface area (Å²) in [7, 11) is 0. The number of hydrogen-bond acceptors (Lipinski definition) is 3. The van der Waals surface area contributed by atoms with Crippen LogP contribution in [0.15, 0.2) is 33.1 Å². The van der Waals surface area contributed by atoms with Gasteiger partial charge in [-0.2, -0.15) is 0 Å². The molecule has 2 aromatic heterocycles. The van der Waals surface area contributed by atoms with Crippen molar-refractivity contribution in [3.63, 3.8) is 0 Å². The second-order valence-electron chi connectivity index (χ2n) is 4.81. The van der Waals surface area contributed by atoms with Crippen LogP contribution in [-0.4, -0.2) is 5.78 Å². The topological polar surface area (TPSA) is 43.4 Å². The van der Waals surface area contributed by atoms with Crippen molar-refractivity contribution in [2.45, 2.75) is 20.8 Å². The van der Waals surface area contributed by atoms with E-state index >= 15 is 0 Å². The van der Waals surface area contributed by atoms with Crippen LogP contribution >= 0.6 is 0 Å². The number of rotatable bonds is 2. The summed E-state index contributed by atoms with van der Waals surface area (Å²) in [5, 5.41) is 0.573. The molecule has 1 aromatic carbocycles. The molecule has 4 heteroatoms. The quantitative estimate of drug-likeness (QED) is 0.652. The first-order valence-corrected chi connectivity index (χ1v) is 6.28. The number of carbonyl (C=O) groups is 1. The van der Waals surface area contributed by atoms with Gasteiger partial charge in [0.05, 0.1) is 5.56 Å². The fraction of sp³-hybridized carbons (Fsp3) is 0.188. The van der Waals surface area contributed by atoms with Crippen LogP contribution in [-0.2, 0) is 0 Å². The summed E-state index contributed by atoms with van der Waals surface area (Å²) in [6.45, 7) is 5.36. The molecule has 0 bridgehead atoms. The Kier molecular flexibility index (Phi) is 2.74. The molecular formula is C16H13FO3. The van der Waals surface area contributed by atoms with Gasteiger partial charge in [-0.05, 0) is 32.9 Å². The van der Waals surface area contributed by atoms with Gasteiger partial charge in [-0.25, -0.2) is 4.39 Å². The molecule has 0 saturated carbocycles. The third-order valence-electron chi connectivity index (χ3n) is 3.51. The lowest BCUT2D eigenvalue weighted by Crippen LogP contribution is -2.02. The minimum atomic E-state index is -0.474. The van der Waals surface area contributed by atoms with Gasteiger partial charge in [0.2, 0.25) is 5.78 Å². The summed E-state index contributed by atoms with van der Waals surface area (Å²) < 4.78 is 24.4. The fourth-order valence-electron chi connectivity index (χ4n) is 2.39. The van der Waals surface area contributed by atoms with Crippen molar-refractivity contribution >= 4 is 16.8 Å². The van der Waals surface area contributed by atoms with Gasteiger partial charge >= 0.3 is 0 Å². The number of para-hydroxylation sites is 1. The van der Waals surface area contributed by atoms with Gasteiger partial charge < -0.3 is 8.83 Å². The Morgan fingerprint density at radius 1 is 1.10 bits per heavy atom. The van der Waals surface area contributed by atoms with Crippen molar-refractivity contribution in [1.82, 2.24) is 0 Å². The van der Waals surface area contributed by atoms with E-state index in [1.54, 1.807) is 32.0 Å². The molecular weight excluding hydrogens is 259 g/mol. The zero-order valence-electron chi connectivity index (χ0n) is 11.4. The molecule has 0 radical (unpaired) electrons. The Morgan fingerprint density at radius 2 is 1.85 bits per heavy atom. The molecule has 0 unspecified atom stereocenters. The average Bonchev–Trinajstić information content (AvgIpc) is 2.93. The van der Waals surface area contributed by atoms with Crippen LogP contribution in [0.2, 0.25) is 0 Å². The number of hydrogen-bond donors (Lipinski definition) is 0. The van der Waals surface area contributed by atoms with E-state index in [1.165, 1.54) is 6.07 Å². The molecule has 0 aliphatic heterocycles. The Hall–Kier alpha value is -2.36. The Bertz CT molecular complexity index is 824. The summed E-state index contributed by atoms with van der Waals surface area (Å²) in [5.74, 6) is 0.613. The van der Waals surface area contributed by atoms with Gasteiger partial charge in [-0.1, -0.05) is 12.1 Å². The number of halogens is 1. The normalized spacial score (nSPS) is 11.2. The first kappa shape index (κ1) is 12.7. The van der Waals surface area contributed by atoms with Crippen molar-refractivity contribution in [3.8, 4) is 0 Å². The first-order valence-electron chi connectivity index (χ1n) is 6.28. The highest BCUT2D eigenvalue weighted by Gasteiger charge is 2.23. The minimum Gasteiger partial charge on any atom is -0.466 e. The summed E-state index contributed by atoms with van der Waals surface area (Å²) in [6, 6.07) is 6.15. The van der Waals surface area contributed by atoms with E-state index in [1.807, 2.05) is 6.92 Å². The molecule has 0 N–H and O–H groups in total. The lowest BCUT2D eigenvalue weighted by Gasteiger charge is -1.97.